The van der Waals surface area contributed by atoms with E-state index in [9.17, 15) is 9.59 Å². The average molecular weight is 371 g/mol. The lowest BCUT2D eigenvalue weighted by atomic mass is 10.1. The molecule has 2 amide bonds. The molecular weight excluding hydrogens is 342 g/mol. The van der Waals surface area contributed by atoms with Gasteiger partial charge in [-0.05, 0) is 57.7 Å². The first-order valence-electron chi connectivity index (χ1n) is 10.2. The fourth-order valence-electron chi connectivity index (χ4n) is 4.82. The third-order valence-corrected chi connectivity index (χ3v) is 6.16. The highest BCUT2D eigenvalue weighted by Gasteiger charge is 2.42. The molecule has 0 saturated carbocycles. The highest BCUT2D eigenvalue weighted by Crippen LogP contribution is 2.28. The van der Waals surface area contributed by atoms with Crippen molar-refractivity contribution in [2.45, 2.75) is 63.2 Å². The van der Waals surface area contributed by atoms with Gasteiger partial charge in [0.25, 0.3) is 0 Å². The van der Waals surface area contributed by atoms with E-state index in [0.29, 0.717) is 12.5 Å². The summed E-state index contributed by atoms with van der Waals surface area (Å²) in [6.45, 7) is 4.56. The van der Waals surface area contributed by atoms with E-state index in [-0.39, 0.29) is 23.9 Å². The monoisotopic (exact) mass is 371 g/mol. The zero-order chi connectivity index (χ0) is 18.8. The Labute approximate surface area is 160 Å². The van der Waals surface area contributed by atoms with E-state index < -0.39 is 6.04 Å². The Hall–Kier alpha value is -1.92. The topological polar surface area (TPSA) is 61.9 Å². The first-order valence-corrected chi connectivity index (χ1v) is 10.2. The zero-order valence-electron chi connectivity index (χ0n) is 16.0. The number of nitrogens with one attached hydrogen (secondary N) is 1. The van der Waals surface area contributed by atoms with Crippen LogP contribution in [-0.2, 0) is 14.3 Å². The molecule has 0 spiro atoms. The van der Waals surface area contributed by atoms with Gasteiger partial charge in [-0.25, -0.2) is 0 Å². The minimum absolute atomic E-state index is 0.00216. The Morgan fingerprint density at radius 3 is 2.63 bits per heavy atom. The van der Waals surface area contributed by atoms with Crippen LogP contribution < -0.4 is 10.2 Å². The molecule has 1 aromatic rings. The first-order chi connectivity index (χ1) is 13.1. The Balaban J connectivity index is 1.41. The number of hydrogen-bond acceptors (Lipinski definition) is 4. The van der Waals surface area contributed by atoms with E-state index in [4.69, 9.17) is 4.74 Å². The maximum atomic E-state index is 13.0. The molecular formula is C21H29N3O3. The Kier molecular flexibility index (Phi) is 5.45. The number of nitrogens with zero attached hydrogens (tertiary/aromatic N) is 2. The van der Waals surface area contributed by atoms with Crippen molar-refractivity contribution in [1.29, 1.82) is 0 Å². The summed E-state index contributed by atoms with van der Waals surface area (Å²) in [7, 11) is 0. The summed E-state index contributed by atoms with van der Waals surface area (Å²) >= 11 is 0. The molecule has 3 saturated heterocycles. The summed E-state index contributed by atoms with van der Waals surface area (Å²) in [5, 5.41) is 3.07. The third-order valence-electron chi connectivity index (χ3n) is 6.16. The van der Waals surface area contributed by atoms with Gasteiger partial charge >= 0.3 is 0 Å². The number of likely N-dealkylation sites (tertiary alicyclic amines) is 1. The van der Waals surface area contributed by atoms with Crippen LogP contribution >= 0.6 is 0 Å². The van der Waals surface area contributed by atoms with Gasteiger partial charge in [-0.2, -0.15) is 0 Å². The van der Waals surface area contributed by atoms with Crippen LogP contribution in [0.3, 0.4) is 0 Å². The molecule has 0 aromatic heterocycles. The minimum atomic E-state index is -0.426. The van der Waals surface area contributed by atoms with Gasteiger partial charge in [0.15, 0.2) is 0 Å². The predicted octanol–water partition coefficient (Wildman–Crippen LogP) is 1.94. The molecule has 3 aliphatic rings. The predicted molar refractivity (Wildman–Crippen MR) is 104 cm³/mol. The number of hydrogen-bond donors (Lipinski definition) is 1. The maximum Gasteiger partial charge on any atom is 0.249 e. The molecule has 4 rings (SSSR count). The Bertz CT molecular complexity index is 675. The molecule has 3 fully saturated rings. The first kappa shape index (κ1) is 18.4. The fraction of sp³-hybridized carbons (Fsp3) is 0.619. The van der Waals surface area contributed by atoms with Gasteiger partial charge in [0.1, 0.15) is 6.04 Å². The summed E-state index contributed by atoms with van der Waals surface area (Å²) in [6, 6.07) is 9.68. The number of para-hydroxylation sites is 1. The molecule has 3 heterocycles. The Morgan fingerprint density at radius 2 is 1.89 bits per heavy atom. The van der Waals surface area contributed by atoms with E-state index >= 15 is 0 Å². The molecule has 3 atom stereocenters. The van der Waals surface area contributed by atoms with Gasteiger partial charge in [-0.15, -0.1) is 0 Å². The van der Waals surface area contributed by atoms with Crippen LogP contribution in [0.5, 0.6) is 0 Å². The highest BCUT2D eigenvalue weighted by atomic mass is 16.5. The number of benzene rings is 1. The van der Waals surface area contributed by atoms with E-state index in [0.717, 1.165) is 51.1 Å². The van der Waals surface area contributed by atoms with Crippen LogP contribution in [0.25, 0.3) is 0 Å². The molecule has 0 radical (unpaired) electrons. The number of anilines is 1. The molecule has 1 N–H and O–H groups in total. The minimum Gasteiger partial charge on any atom is -0.381 e. The lowest BCUT2D eigenvalue weighted by molar-refractivity contribution is -0.130. The third kappa shape index (κ3) is 3.73. The molecule has 6 nitrogen and oxygen atoms in total. The summed E-state index contributed by atoms with van der Waals surface area (Å²) in [6.07, 6.45) is 4.56. The zero-order valence-corrected chi connectivity index (χ0v) is 16.0. The summed E-state index contributed by atoms with van der Waals surface area (Å²) in [5.41, 5.74) is 0.899. The normalized spacial score (nSPS) is 30.0. The van der Waals surface area contributed by atoms with Crippen molar-refractivity contribution in [3.63, 3.8) is 0 Å². The molecule has 3 aliphatic heterocycles. The molecule has 0 bridgehead atoms. The van der Waals surface area contributed by atoms with Crippen LogP contribution in [0.1, 0.15) is 39.0 Å². The molecule has 0 aliphatic carbocycles. The standard InChI is InChI=1S/C21H29N3O3/c1-15-14-18(21(26)24(15)17-6-3-2-4-7-17)22-20(25)19-8-5-11-23(19)16-9-12-27-13-10-16/h2-4,6-7,15-16,18-19H,5,8-14H2,1H3,(H,22,25). The Morgan fingerprint density at radius 1 is 1.15 bits per heavy atom. The van der Waals surface area contributed by atoms with Gasteiger partial charge in [0.2, 0.25) is 11.8 Å². The summed E-state index contributed by atoms with van der Waals surface area (Å²) in [4.78, 5) is 30.1. The number of ether oxygens (including phenoxy) is 1. The number of rotatable bonds is 4. The highest BCUT2D eigenvalue weighted by molar-refractivity contribution is 6.02. The van der Waals surface area contributed by atoms with Crippen LogP contribution in [-0.4, -0.2) is 60.6 Å². The van der Waals surface area contributed by atoms with Gasteiger partial charge in [-0.3, -0.25) is 14.5 Å². The van der Waals surface area contributed by atoms with E-state index in [1.54, 1.807) is 0 Å². The van der Waals surface area contributed by atoms with Crippen molar-refractivity contribution >= 4 is 17.5 Å². The van der Waals surface area contributed by atoms with E-state index in [1.165, 1.54) is 0 Å². The summed E-state index contributed by atoms with van der Waals surface area (Å²) in [5.74, 6) is 0.0112. The average Bonchev–Trinajstić information content (AvgIpc) is 3.28. The molecule has 6 heteroatoms. The van der Waals surface area contributed by atoms with Gasteiger partial charge in [-0.1, -0.05) is 18.2 Å². The van der Waals surface area contributed by atoms with Gasteiger partial charge in [0, 0.05) is 31.0 Å². The van der Waals surface area contributed by atoms with Crippen molar-refractivity contribution in [2.75, 3.05) is 24.7 Å². The van der Waals surface area contributed by atoms with Crippen molar-refractivity contribution in [3.05, 3.63) is 30.3 Å². The molecule has 146 valence electrons. The number of carbonyl (C=O) groups excluding carboxylic acids is 2. The van der Waals surface area contributed by atoms with E-state index in [1.807, 2.05) is 42.2 Å². The second-order valence-electron chi connectivity index (χ2n) is 7.93. The smallest absolute Gasteiger partial charge is 0.249 e. The largest absolute Gasteiger partial charge is 0.381 e. The van der Waals surface area contributed by atoms with Crippen molar-refractivity contribution < 1.29 is 14.3 Å². The van der Waals surface area contributed by atoms with Crippen LogP contribution in [0.15, 0.2) is 30.3 Å². The van der Waals surface area contributed by atoms with Crippen molar-refractivity contribution in [2.24, 2.45) is 0 Å². The SMILES string of the molecule is CC1CC(NC(=O)C2CCCN2C2CCOCC2)C(=O)N1c1ccccc1. The second kappa shape index (κ2) is 7.98. The van der Waals surface area contributed by atoms with Crippen LogP contribution in [0, 0.1) is 0 Å². The van der Waals surface area contributed by atoms with Gasteiger partial charge < -0.3 is 15.0 Å². The van der Waals surface area contributed by atoms with Crippen molar-refractivity contribution in [1.82, 2.24) is 10.2 Å². The molecule has 1 aromatic carbocycles. The quantitative estimate of drug-likeness (QED) is 0.879. The van der Waals surface area contributed by atoms with E-state index in [2.05, 4.69) is 10.2 Å². The fourth-order valence-corrected chi connectivity index (χ4v) is 4.82. The van der Waals surface area contributed by atoms with Crippen molar-refractivity contribution in [3.8, 4) is 0 Å². The molecule has 27 heavy (non-hydrogen) atoms. The lowest BCUT2D eigenvalue weighted by Crippen LogP contribution is -2.52. The number of amides is 2. The summed E-state index contributed by atoms with van der Waals surface area (Å²) < 4.78 is 5.46. The van der Waals surface area contributed by atoms with Crippen LogP contribution in [0.2, 0.25) is 0 Å². The number of carbonyl (C=O) groups is 2. The van der Waals surface area contributed by atoms with Gasteiger partial charge in [0.05, 0.1) is 6.04 Å². The second-order valence-corrected chi connectivity index (χ2v) is 7.93. The molecule has 3 unspecified atom stereocenters. The lowest BCUT2D eigenvalue weighted by Gasteiger charge is -2.35. The maximum absolute atomic E-state index is 13.0. The van der Waals surface area contributed by atoms with Crippen LogP contribution in [0.4, 0.5) is 5.69 Å².